The summed E-state index contributed by atoms with van der Waals surface area (Å²) in [4.78, 5) is 0. The molecular formula is C8H20FNO6S2. The van der Waals surface area contributed by atoms with Crippen LogP contribution >= 0.6 is 0 Å². The molecule has 0 aromatic heterocycles. The predicted molar refractivity (Wildman–Crippen MR) is 65.1 cm³/mol. The monoisotopic (exact) mass is 309 g/mol. The summed E-state index contributed by atoms with van der Waals surface area (Å²) in [6, 6.07) is 0. The van der Waals surface area contributed by atoms with Gasteiger partial charge in [-0.15, -0.1) is 0 Å². The first-order valence-electron chi connectivity index (χ1n) is 5.40. The summed E-state index contributed by atoms with van der Waals surface area (Å²) in [5.74, 6) is -0.213. The minimum Gasteiger partial charge on any atom is -0.274 e. The molecule has 0 aliphatic rings. The molecule has 0 aliphatic heterocycles. The summed E-state index contributed by atoms with van der Waals surface area (Å²) < 4.78 is 60.3. The van der Waals surface area contributed by atoms with Crippen molar-refractivity contribution in [3.05, 3.63) is 0 Å². The summed E-state index contributed by atoms with van der Waals surface area (Å²) in [7, 11) is -8.05. The third kappa shape index (κ3) is 24.8. The lowest BCUT2D eigenvalue weighted by Crippen LogP contribution is -2.08. The average molecular weight is 309 g/mol. The molecule has 0 aliphatic carbocycles. The molecule has 7 nitrogen and oxygen atoms in total. The van der Waals surface area contributed by atoms with E-state index in [9.17, 15) is 12.9 Å². The van der Waals surface area contributed by atoms with Gasteiger partial charge in [0.2, 0.25) is 0 Å². The quantitative estimate of drug-likeness (QED) is 0.515. The van der Waals surface area contributed by atoms with Crippen LogP contribution in [-0.4, -0.2) is 27.1 Å². The number of hydrogen-bond acceptors (Lipinski definition) is 5. The molecule has 112 valence electrons. The van der Waals surface area contributed by atoms with E-state index >= 15 is 0 Å². The first kappa shape index (κ1) is 20.0. The third-order valence-corrected chi connectivity index (χ3v) is 2.82. The van der Waals surface area contributed by atoms with Crippen molar-refractivity contribution in [3.8, 4) is 0 Å². The Kier molecular flexibility index (Phi) is 11.8. The third-order valence-electron chi connectivity index (χ3n) is 1.84. The van der Waals surface area contributed by atoms with Gasteiger partial charge in [0.15, 0.2) is 0 Å². The molecule has 0 rings (SSSR count). The Labute approximate surface area is 107 Å². The van der Waals surface area contributed by atoms with E-state index in [4.69, 9.17) is 13.0 Å². The van der Waals surface area contributed by atoms with Gasteiger partial charge in [0.05, 0.1) is 5.75 Å². The van der Waals surface area contributed by atoms with Crippen molar-refractivity contribution >= 4 is 20.4 Å². The van der Waals surface area contributed by atoms with Gasteiger partial charge in [0.25, 0.3) is 10.1 Å². The Bertz CT molecular complexity index is 372. The van der Waals surface area contributed by atoms with Crippen molar-refractivity contribution in [1.82, 2.24) is 0 Å². The van der Waals surface area contributed by atoms with Gasteiger partial charge in [0, 0.05) is 0 Å². The maximum absolute atomic E-state index is 11.3. The molecule has 0 aromatic rings. The summed E-state index contributed by atoms with van der Waals surface area (Å²) in [5.41, 5.74) is 0. The molecule has 3 N–H and O–H groups in total. The fourth-order valence-corrected chi connectivity index (χ4v) is 1.71. The summed E-state index contributed by atoms with van der Waals surface area (Å²) in [6.45, 7) is 2.11. The van der Waals surface area contributed by atoms with Crippen LogP contribution in [0.25, 0.3) is 0 Å². The van der Waals surface area contributed by atoms with Crippen LogP contribution in [0.15, 0.2) is 0 Å². The van der Waals surface area contributed by atoms with E-state index in [2.05, 4.69) is 16.5 Å². The fourth-order valence-electron chi connectivity index (χ4n) is 1.09. The Balaban J connectivity index is 0. The van der Waals surface area contributed by atoms with E-state index < -0.39 is 20.4 Å². The molecule has 0 spiro atoms. The molecule has 0 saturated heterocycles. The Morgan fingerprint density at radius 1 is 1.06 bits per heavy atom. The molecule has 0 radical (unpaired) electrons. The molecule has 0 atom stereocenters. The predicted octanol–water partition coefficient (Wildman–Crippen LogP) is 1.33. The summed E-state index contributed by atoms with van der Waals surface area (Å²) in [6.07, 6.45) is 5.76. The second kappa shape index (κ2) is 10.6. The number of nitrogens with two attached hydrogens (primary N) is 1. The number of rotatable bonds is 8. The van der Waals surface area contributed by atoms with E-state index in [-0.39, 0.29) is 5.75 Å². The molecule has 0 heterocycles. The van der Waals surface area contributed by atoms with Gasteiger partial charge in [-0.3, -0.25) is 4.55 Å². The van der Waals surface area contributed by atoms with Gasteiger partial charge in [-0.1, -0.05) is 43.4 Å². The lowest BCUT2D eigenvalue weighted by molar-refractivity contribution is 0.00288. The van der Waals surface area contributed by atoms with E-state index in [0.717, 1.165) is 25.7 Å². The highest BCUT2D eigenvalue weighted by molar-refractivity contribution is 7.86. The summed E-state index contributed by atoms with van der Waals surface area (Å²) >= 11 is 0. The van der Waals surface area contributed by atoms with Crippen molar-refractivity contribution < 1.29 is 30.3 Å². The van der Waals surface area contributed by atoms with Gasteiger partial charge in [-0.05, 0) is 10.9 Å². The minimum atomic E-state index is -4.17. The minimum absolute atomic E-state index is 0.213. The average Bonchev–Trinajstić information content (AvgIpc) is 2.21. The van der Waals surface area contributed by atoms with Crippen molar-refractivity contribution in [2.45, 2.75) is 45.4 Å². The maximum Gasteiger partial charge on any atom is 0.330 e. The Hall–Kier alpha value is -0.290. The van der Waals surface area contributed by atoms with E-state index in [1.54, 1.807) is 0 Å². The molecule has 0 bridgehead atoms. The molecule has 18 heavy (non-hydrogen) atoms. The topological polar surface area (TPSA) is 124 Å². The molecule has 0 unspecified atom stereocenters. The highest BCUT2D eigenvalue weighted by Crippen LogP contribution is 2.07. The standard InChI is InChI=1S/C8H17FO3S.H3NO3S/c1-2-3-4-5-6-7-8-13(10,11)12-9;1-5(2,3)4/h2-8H2,1H3;(H3,1,2,3,4). The van der Waals surface area contributed by atoms with Gasteiger partial charge in [0.1, 0.15) is 0 Å². The van der Waals surface area contributed by atoms with Gasteiger partial charge < -0.3 is 0 Å². The highest BCUT2D eigenvalue weighted by Gasteiger charge is 2.09. The van der Waals surface area contributed by atoms with Crippen molar-refractivity contribution in [2.24, 2.45) is 5.14 Å². The van der Waals surface area contributed by atoms with Crippen LogP contribution in [0.1, 0.15) is 45.4 Å². The van der Waals surface area contributed by atoms with Crippen LogP contribution in [0, 0.1) is 0 Å². The number of unbranched alkanes of at least 4 members (excludes halogenated alkanes) is 5. The normalized spacial score (nSPS) is 11.8. The smallest absolute Gasteiger partial charge is 0.274 e. The van der Waals surface area contributed by atoms with Crippen LogP contribution in [0.5, 0.6) is 0 Å². The Morgan fingerprint density at radius 2 is 1.44 bits per heavy atom. The largest absolute Gasteiger partial charge is 0.330 e. The molecule has 0 amide bonds. The zero-order valence-electron chi connectivity index (χ0n) is 10.2. The molecule has 0 fully saturated rings. The van der Waals surface area contributed by atoms with Gasteiger partial charge in [-0.25, -0.2) is 5.14 Å². The second-order valence-electron chi connectivity index (χ2n) is 3.61. The lowest BCUT2D eigenvalue weighted by atomic mass is 10.1. The SMILES string of the molecule is CCCCCCCCS(=O)(=O)OF.NS(=O)(=O)O. The molecule has 0 saturated carbocycles. The summed E-state index contributed by atoms with van der Waals surface area (Å²) in [5, 5.41) is 3.88. The Morgan fingerprint density at radius 3 is 1.83 bits per heavy atom. The van der Waals surface area contributed by atoms with Gasteiger partial charge >= 0.3 is 10.3 Å². The zero-order chi connectivity index (χ0) is 14.7. The molecule has 0 aromatic carbocycles. The van der Waals surface area contributed by atoms with Crippen LogP contribution in [-0.2, 0) is 24.8 Å². The van der Waals surface area contributed by atoms with Crippen LogP contribution in [0.2, 0.25) is 0 Å². The van der Waals surface area contributed by atoms with Crippen molar-refractivity contribution in [3.63, 3.8) is 0 Å². The molecular weight excluding hydrogens is 289 g/mol. The maximum atomic E-state index is 11.3. The van der Waals surface area contributed by atoms with E-state index in [1.807, 2.05) is 0 Å². The van der Waals surface area contributed by atoms with E-state index in [1.165, 1.54) is 6.42 Å². The number of hydrogen-bond donors (Lipinski definition) is 2. The van der Waals surface area contributed by atoms with E-state index in [0.29, 0.717) is 6.42 Å². The van der Waals surface area contributed by atoms with Crippen molar-refractivity contribution in [2.75, 3.05) is 5.75 Å². The van der Waals surface area contributed by atoms with Crippen LogP contribution in [0.4, 0.5) is 4.53 Å². The number of halogens is 1. The molecule has 10 heteroatoms. The first-order valence-corrected chi connectivity index (χ1v) is 8.48. The van der Waals surface area contributed by atoms with Gasteiger partial charge in [-0.2, -0.15) is 16.8 Å². The fraction of sp³-hybridized carbons (Fsp3) is 1.00. The lowest BCUT2D eigenvalue weighted by Gasteiger charge is -1.99. The first-order chi connectivity index (χ1) is 8.12. The van der Waals surface area contributed by atoms with Crippen LogP contribution < -0.4 is 5.14 Å². The van der Waals surface area contributed by atoms with Crippen LogP contribution in [0.3, 0.4) is 0 Å². The zero-order valence-corrected chi connectivity index (χ0v) is 11.8. The second-order valence-corrected chi connectivity index (χ2v) is 6.29. The highest BCUT2D eigenvalue weighted by atomic mass is 32.2. The van der Waals surface area contributed by atoms with Crippen molar-refractivity contribution in [1.29, 1.82) is 0 Å².